The zero-order valence-corrected chi connectivity index (χ0v) is 10.7. The van der Waals surface area contributed by atoms with Crippen molar-refractivity contribution in [2.45, 2.75) is 25.8 Å². The maximum atomic E-state index is 9.74. The topological polar surface area (TPSA) is 52.5 Å². The summed E-state index contributed by atoms with van der Waals surface area (Å²) in [5.74, 6) is -0.121. The van der Waals surface area contributed by atoms with Gasteiger partial charge < -0.3 is 15.5 Å². The van der Waals surface area contributed by atoms with Crippen LogP contribution < -0.4 is 5.32 Å². The van der Waals surface area contributed by atoms with Crippen LogP contribution in [0.15, 0.2) is 36.4 Å². The summed E-state index contributed by atoms with van der Waals surface area (Å²) in [6, 6.07) is 11.4. The van der Waals surface area contributed by atoms with Gasteiger partial charge in [-0.25, -0.2) is 0 Å². The quantitative estimate of drug-likeness (QED) is 0.738. The average Bonchev–Trinajstić information content (AvgIpc) is 2.88. The Kier molecular flexibility index (Phi) is 3.03. The summed E-state index contributed by atoms with van der Waals surface area (Å²) in [4.78, 5) is 0. The minimum atomic E-state index is -0.0757. The molecule has 0 amide bonds. The van der Waals surface area contributed by atoms with E-state index in [9.17, 15) is 10.2 Å². The first kappa shape index (κ1) is 11.9. The largest absolute Gasteiger partial charge is 0.504 e. The molecule has 0 atom stereocenters. The molecule has 3 nitrogen and oxygen atoms in total. The molecule has 2 aromatic carbocycles. The van der Waals surface area contributed by atoms with E-state index in [2.05, 4.69) is 23.5 Å². The highest BCUT2D eigenvalue weighted by atomic mass is 16.3. The second-order valence-electron chi connectivity index (χ2n) is 4.98. The molecule has 2 aromatic rings. The first-order valence-corrected chi connectivity index (χ1v) is 6.59. The first-order chi connectivity index (χ1) is 9.24. The average molecular weight is 255 g/mol. The number of aryl methyl sites for hydroxylation is 2. The van der Waals surface area contributed by atoms with E-state index in [1.54, 1.807) is 12.1 Å². The normalized spacial score (nSPS) is 13.3. The molecule has 0 aromatic heterocycles. The SMILES string of the molecule is Oc1cccc(CNc2ccc3c(c2)CCC3)c1O. The zero-order valence-electron chi connectivity index (χ0n) is 10.7. The van der Waals surface area contributed by atoms with Crippen LogP contribution >= 0.6 is 0 Å². The predicted octanol–water partition coefficient (Wildman–Crippen LogP) is 3.20. The summed E-state index contributed by atoms with van der Waals surface area (Å²) >= 11 is 0. The minimum Gasteiger partial charge on any atom is -0.504 e. The molecule has 0 saturated carbocycles. The van der Waals surface area contributed by atoms with Gasteiger partial charge in [0.2, 0.25) is 0 Å². The molecular weight excluding hydrogens is 238 g/mol. The Bertz CT molecular complexity index is 608. The molecular formula is C16H17NO2. The molecule has 19 heavy (non-hydrogen) atoms. The van der Waals surface area contributed by atoms with Gasteiger partial charge in [0.1, 0.15) is 0 Å². The van der Waals surface area contributed by atoms with Crippen LogP contribution in [0.4, 0.5) is 5.69 Å². The van der Waals surface area contributed by atoms with Crippen LogP contribution in [0, 0.1) is 0 Å². The number of hydrogen-bond acceptors (Lipinski definition) is 3. The van der Waals surface area contributed by atoms with Crippen LogP contribution in [0.3, 0.4) is 0 Å². The summed E-state index contributed by atoms with van der Waals surface area (Å²) in [6.07, 6.45) is 3.58. The minimum absolute atomic E-state index is 0.0452. The van der Waals surface area contributed by atoms with Gasteiger partial charge in [-0.2, -0.15) is 0 Å². The number of benzene rings is 2. The molecule has 0 fully saturated rings. The molecule has 98 valence electrons. The summed E-state index contributed by atoms with van der Waals surface area (Å²) in [5.41, 5.74) is 4.62. The third-order valence-electron chi connectivity index (χ3n) is 3.68. The Morgan fingerprint density at radius 3 is 2.74 bits per heavy atom. The monoisotopic (exact) mass is 255 g/mol. The fourth-order valence-corrected chi connectivity index (χ4v) is 2.60. The van der Waals surface area contributed by atoms with Crippen molar-refractivity contribution in [3.8, 4) is 11.5 Å². The van der Waals surface area contributed by atoms with Crippen molar-refractivity contribution < 1.29 is 10.2 Å². The molecule has 3 N–H and O–H groups in total. The van der Waals surface area contributed by atoms with Crippen molar-refractivity contribution in [1.82, 2.24) is 0 Å². The van der Waals surface area contributed by atoms with Gasteiger partial charge >= 0.3 is 0 Å². The second kappa shape index (κ2) is 4.84. The van der Waals surface area contributed by atoms with Gasteiger partial charge in [0.25, 0.3) is 0 Å². The lowest BCUT2D eigenvalue weighted by molar-refractivity contribution is 0.400. The summed E-state index contributed by atoms with van der Waals surface area (Å²) in [7, 11) is 0. The summed E-state index contributed by atoms with van der Waals surface area (Å²) in [6.45, 7) is 0.499. The van der Waals surface area contributed by atoms with Gasteiger partial charge in [0.05, 0.1) is 0 Å². The molecule has 0 unspecified atom stereocenters. The lowest BCUT2D eigenvalue weighted by Gasteiger charge is -2.10. The number of phenols is 2. The Morgan fingerprint density at radius 1 is 1.00 bits per heavy atom. The molecule has 3 rings (SSSR count). The first-order valence-electron chi connectivity index (χ1n) is 6.59. The van der Waals surface area contributed by atoms with Gasteiger partial charge in [0.15, 0.2) is 11.5 Å². The van der Waals surface area contributed by atoms with E-state index >= 15 is 0 Å². The number of anilines is 1. The Morgan fingerprint density at radius 2 is 1.84 bits per heavy atom. The van der Waals surface area contributed by atoms with E-state index in [1.165, 1.54) is 30.0 Å². The smallest absolute Gasteiger partial charge is 0.162 e. The molecule has 0 heterocycles. The van der Waals surface area contributed by atoms with Crippen LogP contribution in [-0.4, -0.2) is 10.2 Å². The summed E-state index contributed by atoms with van der Waals surface area (Å²) in [5, 5.41) is 22.5. The number of para-hydroxylation sites is 1. The third-order valence-corrected chi connectivity index (χ3v) is 3.68. The number of nitrogens with one attached hydrogen (secondary N) is 1. The fourth-order valence-electron chi connectivity index (χ4n) is 2.60. The molecule has 1 aliphatic carbocycles. The van der Waals surface area contributed by atoms with Crippen molar-refractivity contribution in [1.29, 1.82) is 0 Å². The van der Waals surface area contributed by atoms with Crippen LogP contribution in [0.2, 0.25) is 0 Å². The van der Waals surface area contributed by atoms with Crippen molar-refractivity contribution >= 4 is 5.69 Å². The summed E-state index contributed by atoms with van der Waals surface area (Å²) < 4.78 is 0. The Hall–Kier alpha value is -2.16. The number of phenolic OH excluding ortho intramolecular Hbond substituents is 2. The van der Waals surface area contributed by atoms with E-state index in [0.29, 0.717) is 12.1 Å². The standard InChI is InChI=1S/C16H17NO2/c18-15-6-2-5-13(16(15)19)10-17-14-8-7-11-3-1-4-12(11)9-14/h2,5-9,17-19H,1,3-4,10H2. The maximum Gasteiger partial charge on any atom is 0.162 e. The molecule has 3 heteroatoms. The lowest BCUT2D eigenvalue weighted by atomic mass is 10.1. The molecule has 0 radical (unpaired) electrons. The van der Waals surface area contributed by atoms with Crippen molar-refractivity contribution in [2.75, 3.05) is 5.32 Å². The fraction of sp³-hybridized carbons (Fsp3) is 0.250. The van der Waals surface area contributed by atoms with Gasteiger partial charge in [-0.1, -0.05) is 18.2 Å². The van der Waals surface area contributed by atoms with E-state index in [4.69, 9.17) is 0 Å². The van der Waals surface area contributed by atoms with Crippen LogP contribution in [-0.2, 0) is 19.4 Å². The van der Waals surface area contributed by atoms with E-state index in [-0.39, 0.29) is 11.5 Å². The van der Waals surface area contributed by atoms with E-state index in [0.717, 1.165) is 12.1 Å². The highest BCUT2D eigenvalue weighted by Gasteiger charge is 2.11. The van der Waals surface area contributed by atoms with E-state index < -0.39 is 0 Å². The lowest BCUT2D eigenvalue weighted by Crippen LogP contribution is -2.00. The Balaban J connectivity index is 1.74. The van der Waals surface area contributed by atoms with Gasteiger partial charge in [-0.3, -0.25) is 0 Å². The Labute approximate surface area is 112 Å². The highest BCUT2D eigenvalue weighted by molar-refractivity contribution is 5.52. The number of rotatable bonds is 3. The van der Waals surface area contributed by atoms with Crippen molar-refractivity contribution in [2.24, 2.45) is 0 Å². The van der Waals surface area contributed by atoms with Crippen LogP contribution in [0.25, 0.3) is 0 Å². The highest BCUT2D eigenvalue weighted by Crippen LogP contribution is 2.29. The number of fused-ring (bicyclic) bond motifs is 1. The molecule has 1 aliphatic rings. The number of aromatic hydroxyl groups is 2. The van der Waals surface area contributed by atoms with Gasteiger partial charge in [0, 0.05) is 17.8 Å². The van der Waals surface area contributed by atoms with Gasteiger partial charge in [-0.15, -0.1) is 0 Å². The zero-order chi connectivity index (χ0) is 13.2. The van der Waals surface area contributed by atoms with Crippen LogP contribution in [0.1, 0.15) is 23.1 Å². The van der Waals surface area contributed by atoms with E-state index in [1.807, 2.05) is 0 Å². The molecule has 0 bridgehead atoms. The van der Waals surface area contributed by atoms with Gasteiger partial charge in [-0.05, 0) is 48.6 Å². The van der Waals surface area contributed by atoms with Crippen LogP contribution in [0.5, 0.6) is 11.5 Å². The maximum absolute atomic E-state index is 9.74. The van der Waals surface area contributed by atoms with Crippen molar-refractivity contribution in [3.05, 3.63) is 53.1 Å². The second-order valence-corrected chi connectivity index (χ2v) is 4.98. The molecule has 0 saturated heterocycles. The molecule has 0 aliphatic heterocycles. The predicted molar refractivity (Wildman–Crippen MR) is 75.6 cm³/mol. The third kappa shape index (κ3) is 2.36. The number of hydrogen-bond donors (Lipinski definition) is 3. The molecule has 0 spiro atoms. The van der Waals surface area contributed by atoms with Crippen molar-refractivity contribution in [3.63, 3.8) is 0 Å².